The van der Waals surface area contributed by atoms with Crippen molar-refractivity contribution >= 4 is 20.0 Å². The molecular formula is C19H38O4Si. The molecule has 0 amide bonds. The number of unbranched alkanes of at least 4 members (excludes halogenated alkanes) is 5. The van der Waals surface area contributed by atoms with Gasteiger partial charge in [0.25, 0.3) is 0 Å². The topological polar surface area (TPSA) is 52.6 Å². The van der Waals surface area contributed by atoms with Gasteiger partial charge in [0.1, 0.15) is 8.07 Å². The molecule has 0 bridgehead atoms. The molecule has 0 N–H and O–H groups in total. The minimum atomic E-state index is -1.92. The zero-order chi connectivity index (χ0) is 18.6. The van der Waals surface area contributed by atoms with E-state index in [0.29, 0.717) is 12.5 Å². The van der Waals surface area contributed by atoms with E-state index in [1.807, 2.05) is 27.7 Å². The van der Waals surface area contributed by atoms with Crippen LogP contribution in [-0.4, -0.2) is 32.5 Å². The number of carbonyl (C=O) groups is 2. The SMILES string of the molecule is CCCCCCCC[Si](C)(COC(=O)C(C)C)COC(=O)C(C)C. The van der Waals surface area contributed by atoms with Gasteiger partial charge in [-0.05, 0) is 0 Å². The van der Waals surface area contributed by atoms with Gasteiger partial charge in [0.05, 0.1) is 24.3 Å². The van der Waals surface area contributed by atoms with Crippen LogP contribution in [0.1, 0.15) is 73.1 Å². The fraction of sp³-hybridized carbons (Fsp3) is 0.895. The van der Waals surface area contributed by atoms with Gasteiger partial charge in [0.2, 0.25) is 0 Å². The minimum Gasteiger partial charge on any atom is -0.469 e. The van der Waals surface area contributed by atoms with Crippen LogP contribution in [0.5, 0.6) is 0 Å². The van der Waals surface area contributed by atoms with Crippen molar-refractivity contribution in [1.29, 1.82) is 0 Å². The van der Waals surface area contributed by atoms with Crippen LogP contribution in [0.2, 0.25) is 12.6 Å². The van der Waals surface area contributed by atoms with E-state index in [4.69, 9.17) is 9.47 Å². The van der Waals surface area contributed by atoms with Crippen LogP contribution < -0.4 is 0 Å². The van der Waals surface area contributed by atoms with E-state index in [9.17, 15) is 9.59 Å². The second-order valence-corrected chi connectivity index (χ2v) is 12.6. The molecule has 5 heteroatoms. The normalized spacial score (nSPS) is 11.8. The molecule has 0 atom stereocenters. The summed E-state index contributed by atoms with van der Waals surface area (Å²) < 4.78 is 11.0. The smallest absolute Gasteiger partial charge is 0.308 e. The molecule has 0 radical (unpaired) electrons. The summed E-state index contributed by atoms with van der Waals surface area (Å²) in [6, 6.07) is 1.04. The summed E-state index contributed by atoms with van der Waals surface area (Å²) in [7, 11) is -1.92. The molecular weight excluding hydrogens is 320 g/mol. The lowest BCUT2D eigenvalue weighted by molar-refractivity contribution is -0.146. The third-order valence-electron chi connectivity index (χ3n) is 4.20. The van der Waals surface area contributed by atoms with Crippen molar-refractivity contribution in [2.75, 3.05) is 12.5 Å². The zero-order valence-electron chi connectivity index (χ0n) is 16.7. The molecule has 0 aromatic carbocycles. The third kappa shape index (κ3) is 10.8. The van der Waals surface area contributed by atoms with E-state index in [2.05, 4.69) is 13.5 Å². The van der Waals surface area contributed by atoms with Crippen molar-refractivity contribution in [3.63, 3.8) is 0 Å². The molecule has 0 fully saturated rings. The maximum atomic E-state index is 11.8. The van der Waals surface area contributed by atoms with Crippen molar-refractivity contribution < 1.29 is 19.1 Å². The highest BCUT2D eigenvalue weighted by Crippen LogP contribution is 2.19. The highest BCUT2D eigenvalue weighted by molar-refractivity contribution is 6.78. The molecule has 0 heterocycles. The Bertz CT molecular complexity index is 342. The number of ether oxygens (including phenoxy) is 2. The highest BCUT2D eigenvalue weighted by Gasteiger charge is 2.31. The molecule has 24 heavy (non-hydrogen) atoms. The first kappa shape index (κ1) is 23.2. The average Bonchev–Trinajstić information content (AvgIpc) is 2.53. The van der Waals surface area contributed by atoms with Gasteiger partial charge in [-0.25, -0.2) is 0 Å². The lowest BCUT2D eigenvalue weighted by atomic mass is 10.1. The van der Waals surface area contributed by atoms with Gasteiger partial charge in [-0.3, -0.25) is 9.59 Å². The van der Waals surface area contributed by atoms with Gasteiger partial charge >= 0.3 is 11.9 Å². The van der Waals surface area contributed by atoms with Crippen LogP contribution in [0.3, 0.4) is 0 Å². The van der Waals surface area contributed by atoms with Gasteiger partial charge < -0.3 is 9.47 Å². The van der Waals surface area contributed by atoms with Crippen molar-refractivity contribution in [2.45, 2.75) is 85.7 Å². The lowest BCUT2D eigenvalue weighted by Crippen LogP contribution is -2.44. The fourth-order valence-electron chi connectivity index (χ4n) is 2.34. The summed E-state index contributed by atoms with van der Waals surface area (Å²) in [5, 5.41) is 0. The molecule has 0 aliphatic heterocycles. The first-order chi connectivity index (χ1) is 11.2. The first-order valence-corrected chi connectivity index (χ1v) is 12.7. The molecule has 0 aromatic heterocycles. The van der Waals surface area contributed by atoms with Crippen LogP contribution in [0.15, 0.2) is 0 Å². The predicted molar refractivity (Wildman–Crippen MR) is 101 cm³/mol. The standard InChI is InChI=1S/C19H38O4Si/c1-7-8-9-10-11-12-13-24(6,14-22-18(20)16(2)3)15-23-19(21)17(4)5/h16-17H,7-15H2,1-6H3. The van der Waals surface area contributed by atoms with Crippen molar-refractivity contribution in [2.24, 2.45) is 11.8 Å². The predicted octanol–water partition coefficient (Wildman–Crippen LogP) is 4.90. The highest BCUT2D eigenvalue weighted by atomic mass is 28.3. The Morgan fingerprint density at radius 2 is 1.21 bits per heavy atom. The Labute approximate surface area is 149 Å². The third-order valence-corrected chi connectivity index (χ3v) is 7.45. The second-order valence-electron chi connectivity index (χ2n) is 7.85. The van der Waals surface area contributed by atoms with Crippen LogP contribution in [0.25, 0.3) is 0 Å². The number of esters is 2. The van der Waals surface area contributed by atoms with Gasteiger partial charge in [-0.1, -0.05) is 85.7 Å². The maximum Gasteiger partial charge on any atom is 0.308 e. The summed E-state index contributed by atoms with van der Waals surface area (Å²) in [4.78, 5) is 23.6. The number of rotatable bonds is 13. The second kappa shape index (κ2) is 12.5. The van der Waals surface area contributed by atoms with E-state index in [1.54, 1.807) is 0 Å². The summed E-state index contributed by atoms with van der Waals surface area (Å²) in [6.45, 7) is 11.8. The van der Waals surface area contributed by atoms with Gasteiger partial charge in [0.15, 0.2) is 0 Å². The van der Waals surface area contributed by atoms with Crippen molar-refractivity contribution in [3.8, 4) is 0 Å². The summed E-state index contributed by atoms with van der Waals surface area (Å²) >= 11 is 0. The van der Waals surface area contributed by atoms with Crippen LogP contribution in [-0.2, 0) is 19.1 Å². The quantitative estimate of drug-likeness (QED) is 0.267. The van der Waals surface area contributed by atoms with Gasteiger partial charge in [-0.15, -0.1) is 0 Å². The molecule has 0 aliphatic carbocycles. The summed E-state index contributed by atoms with van der Waals surface area (Å²) in [5.41, 5.74) is 0. The van der Waals surface area contributed by atoms with E-state index in [1.165, 1.54) is 32.1 Å². The molecule has 0 aromatic rings. The molecule has 0 spiro atoms. The Hall–Kier alpha value is -0.843. The van der Waals surface area contributed by atoms with E-state index >= 15 is 0 Å². The maximum absolute atomic E-state index is 11.8. The van der Waals surface area contributed by atoms with Crippen LogP contribution in [0.4, 0.5) is 0 Å². The van der Waals surface area contributed by atoms with E-state index in [0.717, 1.165) is 12.5 Å². The minimum absolute atomic E-state index is 0.115. The number of hydrogen-bond acceptors (Lipinski definition) is 4. The van der Waals surface area contributed by atoms with Gasteiger partial charge in [0, 0.05) is 0 Å². The van der Waals surface area contributed by atoms with E-state index in [-0.39, 0.29) is 23.8 Å². The summed E-state index contributed by atoms with van der Waals surface area (Å²) in [5.74, 6) is -0.551. The molecule has 0 aliphatic rings. The molecule has 0 rings (SSSR count). The Kier molecular flexibility index (Phi) is 12.1. The summed E-state index contributed by atoms with van der Waals surface area (Å²) in [6.07, 6.45) is 8.34. The van der Waals surface area contributed by atoms with Gasteiger partial charge in [-0.2, -0.15) is 0 Å². The fourth-order valence-corrected chi connectivity index (χ4v) is 4.80. The zero-order valence-corrected chi connectivity index (χ0v) is 17.7. The molecule has 142 valence electrons. The largest absolute Gasteiger partial charge is 0.469 e. The Balaban J connectivity index is 4.45. The molecule has 4 nitrogen and oxygen atoms in total. The van der Waals surface area contributed by atoms with E-state index < -0.39 is 8.07 Å². The molecule has 0 saturated heterocycles. The number of hydrogen-bond donors (Lipinski definition) is 0. The first-order valence-electron chi connectivity index (χ1n) is 9.55. The number of carbonyl (C=O) groups excluding carboxylic acids is 2. The monoisotopic (exact) mass is 358 g/mol. The Morgan fingerprint density at radius 3 is 1.62 bits per heavy atom. The van der Waals surface area contributed by atoms with Crippen LogP contribution in [0, 0.1) is 11.8 Å². The van der Waals surface area contributed by atoms with Crippen molar-refractivity contribution in [3.05, 3.63) is 0 Å². The lowest BCUT2D eigenvalue weighted by Gasteiger charge is -2.27. The Morgan fingerprint density at radius 1 is 0.792 bits per heavy atom. The van der Waals surface area contributed by atoms with Crippen LogP contribution >= 0.6 is 0 Å². The molecule has 0 unspecified atom stereocenters. The van der Waals surface area contributed by atoms with Crippen molar-refractivity contribution in [1.82, 2.24) is 0 Å². The average molecular weight is 359 g/mol. The molecule has 0 saturated carbocycles.